The summed E-state index contributed by atoms with van der Waals surface area (Å²) in [4.78, 5) is 27.7. The number of anilines is 1. The van der Waals surface area contributed by atoms with Gasteiger partial charge in [-0.05, 0) is 49.2 Å². The molecular weight excluding hydrogens is 396 g/mol. The van der Waals surface area contributed by atoms with Crippen molar-refractivity contribution >= 4 is 40.3 Å². The number of amides is 3. The van der Waals surface area contributed by atoms with E-state index in [1.807, 2.05) is 0 Å². The fourth-order valence-corrected chi connectivity index (χ4v) is 3.06. The zero-order valence-electron chi connectivity index (χ0n) is 15.1. The molecule has 29 heavy (non-hydrogen) atoms. The SMILES string of the molecule is NC(=O)c1cc2c(Oc3ccc(NC(=O)N(Cl)C4CC4)cc3)ccnc2cc1O. The van der Waals surface area contributed by atoms with Gasteiger partial charge in [-0.15, -0.1) is 0 Å². The van der Waals surface area contributed by atoms with Crippen molar-refractivity contribution in [2.24, 2.45) is 5.73 Å². The van der Waals surface area contributed by atoms with Crippen molar-refractivity contribution in [3.05, 3.63) is 54.2 Å². The number of urea groups is 1. The van der Waals surface area contributed by atoms with Gasteiger partial charge in [0.25, 0.3) is 5.91 Å². The molecule has 1 aliphatic carbocycles. The number of halogens is 1. The van der Waals surface area contributed by atoms with Crippen molar-refractivity contribution < 1.29 is 19.4 Å². The van der Waals surface area contributed by atoms with Crippen LogP contribution < -0.4 is 15.8 Å². The number of aromatic nitrogens is 1. The Morgan fingerprint density at radius 1 is 1.21 bits per heavy atom. The third kappa shape index (κ3) is 4.02. The van der Waals surface area contributed by atoms with Crippen LogP contribution in [0.3, 0.4) is 0 Å². The summed E-state index contributed by atoms with van der Waals surface area (Å²) in [6.45, 7) is 0. The highest BCUT2D eigenvalue weighted by atomic mass is 35.5. The lowest BCUT2D eigenvalue weighted by Crippen LogP contribution is -2.28. The molecule has 3 amide bonds. The lowest BCUT2D eigenvalue weighted by atomic mass is 10.1. The molecule has 1 aliphatic rings. The molecule has 1 aromatic heterocycles. The van der Waals surface area contributed by atoms with Crippen LogP contribution in [-0.4, -0.2) is 32.5 Å². The highest BCUT2D eigenvalue weighted by Crippen LogP contribution is 2.33. The van der Waals surface area contributed by atoms with Crippen molar-refractivity contribution in [2.45, 2.75) is 18.9 Å². The monoisotopic (exact) mass is 412 g/mol. The average molecular weight is 413 g/mol. The van der Waals surface area contributed by atoms with Gasteiger partial charge in [-0.3, -0.25) is 9.78 Å². The number of carbonyl (C=O) groups excluding carboxylic acids is 2. The number of nitrogens with one attached hydrogen (secondary N) is 1. The van der Waals surface area contributed by atoms with Crippen molar-refractivity contribution in [3.8, 4) is 17.2 Å². The maximum absolute atomic E-state index is 12.0. The maximum atomic E-state index is 12.0. The fourth-order valence-electron chi connectivity index (χ4n) is 2.82. The second kappa shape index (κ2) is 7.48. The molecule has 1 heterocycles. The molecular formula is C20H17ClN4O4. The number of nitrogens with zero attached hydrogens (tertiary/aromatic N) is 2. The number of nitrogens with two attached hydrogens (primary N) is 1. The molecule has 8 nitrogen and oxygen atoms in total. The van der Waals surface area contributed by atoms with Gasteiger partial charge in [0.1, 0.15) is 17.2 Å². The average Bonchev–Trinajstić information content (AvgIpc) is 3.53. The van der Waals surface area contributed by atoms with Gasteiger partial charge < -0.3 is 20.9 Å². The normalized spacial score (nSPS) is 13.1. The second-order valence-electron chi connectivity index (χ2n) is 6.66. The molecule has 0 radical (unpaired) electrons. The maximum Gasteiger partial charge on any atom is 0.336 e. The van der Waals surface area contributed by atoms with E-state index in [4.69, 9.17) is 22.2 Å². The number of hydrogen-bond acceptors (Lipinski definition) is 5. The second-order valence-corrected chi connectivity index (χ2v) is 7.02. The van der Waals surface area contributed by atoms with Crippen LogP contribution in [0, 0.1) is 0 Å². The number of primary amides is 1. The minimum absolute atomic E-state index is 0.0188. The molecule has 4 rings (SSSR count). The molecule has 9 heteroatoms. The number of benzene rings is 2. The third-order valence-corrected chi connectivity index (χ3v) is 4.91. The van der Waals surface area contributed by atoms with Gasteiger partial charge in [-0.2, -0.15) is 0 Å². The molecule has 0 atom stereocenters. The van der Waals surface area contributed by atoms with Gasteiger partial charge in [0.15, 0.2) is 0 Å². The Bertz CT molecular complexity index is 1100. The van der Waals surface area contributed by atoms with Gasteiger partial charge >= 0.3 is 6.03 Å². The van der Waals surface area contributed by atoms with Gasteiger partial charge in [0, 0.05) is 35.1 Å². The molecule has 0 unspecified atom stereocenters. The molecule has 0 saturated heterocycles. The number of ether oxygens (including phenoxy) is 1. The smallest absolute Gasteiger partial charge is 0.336 e. The molecule has 3 aromatic rings. The summed E-state index contributed by atoms with van der Waals surface area (Å²) in [5.41, 5.74) is 6.31. The predicted molar refractivity (Wildman–Crippen MR) is 108 cm³/mol. The van der Waals surface area contributed by atoms with Crippen molar-refractivity contribution in [1.29, 1.82) is 0 Å². The first-order valence-corrected chi connectivity index (χ1v) is 9.21. The molecule has 1 fully saturated rings. The van der Waals surface area contributed by atoms with Crippen LogP contribution in [0.25, 0.3) is 10.9 Å². The first kappa shape index (κ1) is 18.8. The summed E-state index contributed by atoms with van der Waals surface area (Å²) in [7, 11) is 0. The van der Waals surface area contributed by atoms with Crippen LogP contribution in [0.2, 0.25) is 0 Å². The molecule has 0 bridgehead atoms. The van der Waals surface area contributed by atoms with E-state index in [9.17, 15) is 14.7 Å². The summed E-state index contributed by atoms with van der Waals surface area (Å²) in [6, 6.07) is 10.9. The Labute approximate surface area is 171 Å². The van der Waals surface area contributed by atoms with Crippen LogP contribution in [0.5, 0.6) is 17.2 Å². The van der Waals surface area contributed by atoms with E-state index in [1.54, 1.807) is 30.3 Å². The van der Waals surface area contributed by atoms with Gasteiger partial charge in [0.05, 0.1) is 17.1 Å². The minimum Gasteiger partial charge on any atom is -0.507 e. The summed E-state index contributed by atoms with van der Waals surface area (Å²) >= 11 is 5.96. The largest absolute Gasteiger partial charge is 0.507 e. The number of hydrogen-bond donors (Lipinski definition) is 3. The van der Waals surface area contributed by atoms with Crippen LogP contribution in [0.15, 0.2) is 48.7 Å². The summed E-state index contributed by atoms with van der Waals surface area (Å²) in [5.74, 6) is -0.0443. The van der Waals surface area contributed by atoms with E-state index in [2.05, 4.69) is 10.3 Å². The molecule has 2 aromatic carbocycles. The Morgan fingerprint density at radius 3 is 2.59 bits per heavy atom. The first-order valence-electron chi connectivity index (χ1n) is 8.88. The topological polar surface area (TPSA) is 118 Å². The fraction of sp³-hybridized carbons (Fsp3) is 0.150. The van der Waals surface area contributed by atoms with Crippen molar-refractivity contribution in [3.63, 3.8) is 0 Å². The Balaban J connectivity index is 1.54. The van der Waals surface area contributed by atoms with Crippen molar-refractivity contribution in [2.75, 3.05) is 5.32 Å². The molecule has 0 aliphatic heterocycles. The number of rotatable bonds is 5. The van der Waals surface area contributed by atoms with E-state index in [1.165, 1.54) is 22.7 Å². The van der Waals surface area contributed by atoms with E-state index in [0.29, 0.717) is 28.1 Å². The number of phenols is 1. The first-order chi connectivity index (χ1) is 13.9. The Hall–Kier alpha value is -3.52. The standard InChI is InChI=1S/C20H17ClN4O4/c21-25(12-3-4-12)20(28)24-11-1-5-13(6-2-11)29-18-7-8-23-16-10-17(26)15(19(22)27)9-14(16)18/h1-2,5-10,12,26H,3-4H2,(H2,22,27)(H,24,28). The van der Waals surface area contributed by atoms with Gasteiger partial charge in [-0.1, -0.05) is 0 Å². The number of aromatic hydroxyl groups is 1. The highest BCUT2D eigenvalue weighted by Gasteiger charge is 2.31. The van der Waals surface area contributed by atoms with E-state index >= 15 is 0 Å². The Morgan fingerprint density at radius 2 is 1.93 bits per heavy atom. The number of pyridine rings is 1. The van der Waals surface area contributed by atoms with Crippen LogP contribution >= 0.6 is 11.8 Å². The van der Waals surface area contributed by atoms with E-state index in [0.717, 1.165) is 12.8 Å². The van der Waals surface area contributed by atoms with Crippen LogP contribution in [0.4, 0.5) is 10.5 Å². The number of fused-ring (bicyclic) bond motifs is 1. The predicted octanol–water partition coefficient (Wildman–Crippen LogP) is 3.98. The molecule has 0 spiro atoms. The third-order valence-electron chi connectivity index (χ3n) is 4.48. The molecule has 4 N–H and O–H groups in total. The lowest BCUT2D eigenvalue weighted by Gasteiger charge is -2.14. The van der Waals surface area contributed by atoms with Crippen LogP contribution in [-0.2, 0) is 0 Å². The number of carbonyl (C=O) groups is 2. The summed E-state index contributed by atoms with van der Waals surface area (Å²) < 4.78 is 7.08. The molecule has 1 saturated carbocycles. The Kier molecular flexibility index (Phi) is 4.85. The van der Waals surface area contributed by atoms with E-state index < -0.39 is 5.91 Å². The van der Waals surface area contributed by atoms with E-state index in [-0.39, 0.29) is 23.4 Å². The summed E-state index contributed by atoms with van der Waals surface area (Å²) in [6.07, 6.45) is 3.36. The van der Waals surface area contributed by atoms with Crippen molar-refractivity contribution in [1.82, 2.24) is 9.40 Å². The zero-order valence-corrected chi connectivity index (χ0v) is 15.9. The zero-order chi connectivity index (χ0) is 20.5. The van der Waals surface area contributed by atoms with Gasteiger partial charge in [-0.25, -0.2) is 9.21 Å². The van der Waals surface area contributed by atoms with Gasteiger partial charge in [0.2, 0.25) is 0 Å². The molecule has 148 valence electrons. The summed E-state index contributed by atoms with van der Waals surface area (Å²) in [5, 5.41) is 13.2. The quantitative estimate of drug-likeness (QED) is 0.548. The highest BCUT2D eigenvalue weighted by molar-refractivity contribution is 6.23. The minimum atomic E-state index is -0.751. The lowest BCUT2D eigenvalue weighted by molar-refractivity contribution is 0.0998. The van der Waals surface area contributed by atoms with Crippen LogP contribution in [0.1, 0.15) is 23.2 Å².